The Morgan fingerprint density at radius 3 is 2.38 bits per heavy atom. The van der Waals surface area contributed by atoms with E-state index in [1.165, 1.54) is 23.5 Å². The highest BCUT2D eigenvalue weighted by Crippen LogP contribution is 2.43. The van der Waals surface area contributed by atoms with E-state index in [9.17, 15) is 9.59 Å². The zero-order valence-electron chi connectivity index (χ0n) is 14.4. The summed E-state index contributed by atoms with van der Waals surface area (Å²) in [5.41, 5.74) is 1.71. The SMILES string of the molecule is CC(C)[C@@H](C)NC(=O)COC(=O)c1ccc(C2SCCCS2)cc1. The second-order valence-corrected chi connectivity index (χ2v) is 8.95. The first kappa shape index (κ1) is 19.2. The number of rotatable bonds is 6. The Balaban J connectivity index is 1.83. The molecule has 6 heteroatoms. The number of ether oxygens (including phenoxy) is 1. The van der Waals surface area contributed by atoms with E-state index in [2.05, 4.69) is 5.32 Å². The fourth-order valence-corrected chi connectivity index (χ4v) is 5.03. The molecule has 1 atom stereocenters. The van der Waals surface area contributed by atoms with Crippen molar-refractivity contribution in [2.75, 3.05) is 18.1 Å². The number of hydrogen-bond donors (Lipinski definition) is 1. The van der Waals surface area contributed by atoms with E-state index in [0.717, 1.165) is 0 Å². The Hall–Kier alpha value is -1.14. The van der Waals surface area contributed by atoms with Gasteiger partial charge in [0.15, 0.2) is 6.61 Å². The van der Waals surface area contributed by atoms with Gasteiger partial charge >= 0.3 is 5.97 Å². The second kappa shape index (κ2) is 9.37. The predicted octanol–water partition coefficient (Wildman–Crippen LogP) is 3.87. The summed E-state index contributed by atoms with van der Waals surface area (Å²) in [6.45, 7) is 5.75. The molecule has 24 heavy (non-hydrogen) atoms. The molecule has 4 nitrogen and oxygen atoms in total. The van der Waals surface area contributed by atoms with Crippen LogP contribution in [-0.2, 0) is 9.53 Å². The van der Waals surface area contributed by atoms with Gasteiger partial charge in [-0.25, -0.2) is 4.79 Å². The van der Waals surface area contributed by atoms with Crippen LogP contribution in [0.2, 0.25) is 0 Å². The zero-order valence-corrected chi connectivity index (χ0v) is 16.0. The van der Waals surface area contributed by atoms with E-state index in [4.69, 9.17) is 4.74 Å². The Bertz CT molecular complexity index is 554. The molecule has 1 N–H and O–H groups in total. The molecule has 0 unspecified atom stereocenters. The van der Waals surface area contributed by atoms with E-state index in [0.29, 0.717) is 16.1 Å². The van der Waals surface area contributed by atoms with Crippen molar-refractivity contribution in [1.29, 1.82) is 0 Å². The maximum atomic E-state index is 12.0. The summed E-state index contributed by atoms with van der Waals surface area (Å²) in [7, 11) is 0. The minimum atomic E-state index is -0.460. The van der Waals surface area contributed by atoms with Crippen molar-refractivity contribution in [2.24, 2.45) is 5.92 Å². The van der Waals surface area contributed by atoms with Crippen molar-refractivity contribution in [3.63, 3.8) is 0 Å². The minimum absolute atomic E-state index is 0.0565. The first-order valence-corrected chi connectivity index (χ1v) is 10.4. The van der Waals surface area contributed by atoms with E-state index >= 15 is 0 Å². The summed E-state index contributed by atoms with van der Waals surface area (Å²) >= 11 is 3.89. The van der Waals surface area contributed by atoms with Crippen LogP contribution in [0.3, 0.4) is 0 Å². The third-order valence-electron chi connectivity index (χ3n) is 3.97. The number of amides is 1. The molecule has 0 spiro atoms. The van der Waals surface area contributed by atoms with Crippen LogP contribution >= 0.6 is 23.5 Å². The maximum absolute atomic E-state index is 12.0. The smallest absolute Gasteiger partial charge is 0.338 e. The van der Waals surface area contributed by atoms with Gasteiger partial charge in [0.05, 0.1) is 10.1 Å². The third-order valence-corrected chi connectivity index (χ3v) is 6.98. The average molecular weight is 368 g/mol. The van der Waals surface area contributed by atoms with E-state index < -0.39 is 5.97 Å². The van der Waals surface area contributed by atoms with E-state index in [1.54, 1.807) is 12.1 Å². The van der Waals surface area contributed by atoms with Crippen LogP contribution in [-0.4, -0.2) is 36.0 Å². The van der Waals surface area contributed by atoms with Crippen molar-refractivity contribution < 1.29 is 14.3 Å². The summed E-state index contributed by atoms with van der Waals surface area (Å²) in [6.07, 6.45) is 1.26. The standard InChI is InChI=1S/C18H25NO3S2/c1-12(2)13(3)19-16(20)11-22-17(21)14-5-7-15(8-6-14)18-23-9-4-10-24-18/h5-8,12-13,18H,4,9-11H2,1-3H3,(H,19,20)/t13-/m1/s1. The molecule has 0 aromatic heterocycles. The van der Waals surface area contributed by atoms with Crippen LogP contribution in [0.15, 0.2) is 24.3 Å². The van der Waals surface area contributed by atoms with Gasteiger partial charge in [-0.3, -0.25) is 4.79 Å². The largest absolute Gasteiger partial charge is 0.452 e. The minimum Gasteiger partial charge on any atom is -0.452 e. The van der Waals surface area contributed by atoms with Crippen LogP contribution in [0, 0.1) is 5.92 Å². The molecule has 0 radical (unpaired) electrons. The van der Waals surface area contributed by atoms with Crippen molar-refractivity contribution >= 4 is 35.4 Å². The van der Waals surface area contributed by atoms with Crippen LogP contribution in [0.1, 0.15) is 47.7 Å². The molecular weight excluding hydrogens is 342 g/mol. The number of nitrogens with one attached hydrogen (secondary N) is 1. The monoisotopic (exact) mass is 367 g/mol. The highest BCUT2D eigenvalue weighted by atomic mass is 32.2. The maximum Gasteiger partial charge on any atom is 0.338 e. The molecule has 2 rings (SSSR count). The lowest BCUT2D eigenvalue weighted by atomic mass is 10.1. The van der Waals surface area contributed by atoms with Crippen LogP contribution < -0.4 is 5.32 Å². The summed E-state index contributed by atoms with van der Waals surface area (Å²) in [6, 6.07) is 7.58. The molecule has 1 aliphatic heterocycles. The van der Waals surface area contributed by atoms with Crippen molar-refractivity contribution in [3.05, 3.63) is 35.4 Å². The fourth-order valence-electron chi connectivity index (χ4n) is 2.13. The number of carbonyl (C=O) groups is 2. The zero-order chi connectivity index (χ0) is 17.5. The molecule has 0 bridgehead atoms. The fraction of sp³-hybridized carbons (Fsp3) is 0.556. The van der Waals surface area contributed by atoms with Gasteiger partial charge in [0.2, 0.25) is 0 Å². The van der Waals surface area contributed by atoms with Crippen LogP contribution in [0.4, 0.5) is 0 Å². The van der Waals surface area contributed by atoms with Gasteiger partial charge in [0, 0.05) is 6.04 Å². The van der Waals surface area contributed by atoms with Gasteiger partial charge in [0.1, 0.15) is 0 Å². The number of benzene rings is 1. The van der Waals surface area contributed by atoms with Crippen molar-refractivity contribution in [2.45, 2.75) is 37.8 Å². The number of carbonyl (C=O) groups excluding carboxylic acids is 2. The summed E-state index contributed by atoms with van der Waals surface area (Å²) < 4.78 is 5.55. The summed E-state index contributed by atoms with van der Waals surface area (Å²) in [5, 5.41) is 2.82. The molecular formula is C18H25NO3S2. The average Bonchev–Trinajstić information content (AvgIpc) is 2.60. The normalized spacial score (nSPS) is 16.7. The van der Waals surface area contributed by atoms with E-state index in [1.807, 2.05) is 56.4 Å². The Morgan fingerprint density at radius 2 is 1.79 bits per heavy atom. The molecule has 132 valence electrons. The third kappa shape index (κ3) is 5.74. The Morgan fingerprint density at radius 1 is 1.17 bits per heavy atom. The Labute approximate surface area is 152 Å². The quantitative estimate of drug-likeness (QED) is 0.774. The van der Waals surface area contributed by atoms with Crippen LogP contribution in [0.25, 0.3) is 0 Å². The highest BCUT2D eigenvalue weighted by molar-refractivity contribution is 8.16. The van der Waals surface area contributed by atoms with Gasteiger partial charge in [-0.1, -0.05) is 26.0 Å². The van der Waals surface area contributed by atoms with Gasteiger partial charge < -0.3 is 10.1 Å². The first-order valence-electron chi connectivity index (χ1n) is 8.27. The lowest BCUT2D eigenvalue weighted by Crippen LogP contribution is -2.38. The molecule has 1 saturated heterocycles. The van der Waals surface area contributed by atoms with Crippen molar-refractivity contribution in [1.82, 2.24) is 5.32 Å². The molecule has 1 aliphatic rings. The number of hydrogen-bond acceptors (Lipinski definition) is 5. The number of thioether (sulfide) groups is 2. The van der Waals surface area contributed by atoms with E-state index in [-0.39, 0.29) is 18.6 Å². The van der Waals surface area contributed by atoms with Gasteiger partial charge in [-0.2, -0.15) is 0 Å². The molecule has 1 fully saturated rings. The van der Waals surface area contributed by atoms with Crippen molar-refractivity contribution in [3.8, 4) is 0 Å². The van der Waals surface area contributed by atoms with Gasteiger partial charge in [-0.15, -0.1) is 23.5 Å². The molecule has 1 aromatic rings. The van der Waals surface area contributed by atoms with Gasteiger partial charge in [-0.05, 0) is 48.5 Å². The Kier molecular flexibility index (Phi) is 7.49. The lowest BCUT2D eigenvalue weighted by Gasteiger charge is -2.21. The second-order valence-electron chi connectivity index (χ2n) is 6.23. The molecule has 0 aliphatic carbocycles. The summed E-state index contributed by atoms with van der Waals surface area (Å²) in [4.78, 5) is 23.8. The predicted molar refractivity (Wildman–Crippen MR) is 101 cm³/mol. The first-order chi connectivity index (χ1) is 11.5. The molecule has 1 heterocycles. The summed E-state index contributed by atoms with van der Waals surface area (Å²) in [5.74, 6) is 1.98. The van der Waals surface area contributed by atoms with Crippen LogP contribution in [0.5, 0.6) is 0 Å². The topological polar surface area (TPSA) is 55.4 Å². The lowest BCUT2D eigenvalue weighted by molar-refractivity contribution is -0.125. The van der Waals surface area contributed by atoms with Gasteiger partial charge in [0.25, 0.3) is 5.91 Å². The molecule has 1 aromatic carbocycles. The molecule has 0 saturated carbocycles. The number of esters is 1. The highest BCUT2D eigenvalue weighted by Gasteiger charge is 2.18. The molecule has 1 amide bonds.